The van der Waals surface area contributed by atoms with Crippen molar-refractivity contribution in [1.29, 1.82) is 0 Å². The van der Waals surface area contributed by atoms with Crippen molar-refractivity contribution < 1.29 is 13.7 Å². The van der Waals surface area contributed by atoms with Crippen molar-refractivity contribution in [2.75, 3.05) is 0 Å². The maximum Gasteiger partial charge on any atom is 0.493 e. The van der Waals surface area contributed by atoms with Crippen LogP contribution < -0.4 is 10.6 Å². The van der Waals surface area contributed by atoms with Crippen LogP contribution in [0.2, 0.25) is 0 Å². The second kappa shape index (κ2) is 2.81. The van der Waals surface area contributed by atoms with E-state index >= 15 is 0 Å². The lowest BCUT2D eigenvalue weighted by Crippen LogP contribution is -2.37. The largest absolute Gasteiger partial charge is 0.493 e. The van der Waals surface area contributed by atoms with Gasteiger partial charge in [-0.15, -0.1) is 0 Å². The van der Waals surface area contributed by atoms with Gasteiger partial charge >= 0.3 is 5.76 Å². The number of hydrogen-bond donors (Lipinski definition) is 1. The van der Waals surface area contributed by atoms with Gasteiger partial charge in [-0.2, -0.15) is 0 Å². The number of aromatic amines is 1. The molecule has 0 aliphatic carbocycles. The molecular weight excluding hydrogens is 177 g/mol. The minimum absolute atomic E-state index is 0.394. The van der Waals surface area contributed by atoms with E-state index < -0.39 is 11.6 Å². The van der Waals surface area contributed by atoms with Gasteiger partial charge < -0.3 is 0 Å². The Hall–Kier alpha value is -1.98. The number of rotatable bonds is 1. The Bertz CT molecular complexity index is 476. The summed E-state index contributed by atoms with van der Waals surface area (Å²) in [6, 6.07) is 5.60. The molecule has 0 bridgehead atoms. The molecule has 13 heavy (non-hydrogen) atoms. The molecule has 6 heteroatoms. The quantitative estimate of drug-likeness (QED) is 0.620. The second-order valence-electron chi connectivity index (χ2n) is 2.36. The molecule has 0 amide bonds. The van der Waals surface area contributed by atoms with E-state index in [0.29, 0.717) is 5.69 Å². The molecule has 1 heterocycles. The Morgan fingerprint density at radius 1 is 1.54 bits per heavy atom. The average molecular weight is 182 g/mol. The minimum Gasteiger partial charge on any atom is -0.239 e. The topological polar surface area (TPSA) is 62.8 Å². The molecule has 0 radical (unpaired) electrons. The lowest BCUT2D eigenvalue weighted by Gasteiger charge is -1.85. The molecule has 0 spiro atoms. The Labute approximate surface area is 71.4 Å². The summed E-state index contributed by atoms with van der Waals surface area (Å²) < 4.78 is 16.9. The van der Waals surface area contributed by atoms with E-state index in [1.165, 1.54) is 18.2 Å². The molecular formula is C7H5FN3O2+. The standard InChI is InChI=1S/C7H4FN3O2/c8-5-2-1-3-6(4-5)11-9-7(12)13-10-11/h1-4H/p+1. The first-order chi connectivity index (χ1) is 6.25. The highest BCUT2D eigenvalue weighted by atomic mass is 19.1. The van der Waals surface area contributed by atoms with Gasteiger partial charge in [-0.25, -0.2) is 13.7 Å². The van der Waals surface area contributed by atoms with Crippen LogP contribution in [0.5, 0.6) is 0 Å². The van der Waals surface area contributed by atoms with E-state index in [0.717, 1.165) is 4.80 Å². The smallest absolute Gasteiger partial charge is 0.239 e. The summed E-state index contributed by atoms with van der Waals surface area (Å²) in [4.78, 5) is 11.6. The highest BCUT2D eigenvalue weighted by molar-refractivity contribution is 5.21. The molecule has 1 aromatic heterocycles. The molecule has 0 atom stereocenters. The lowest BCUT2D eigenvalue weighted by molar-refractivity contribution is -0.725. The van der Waals surface area contributed by atoms with Gasteiger partial charge in [0.2, 0.25) is 5.27 Å². The number of benzene rings is 1. The summed E-state index contributed by atoms with van der Waals surface area (Å²) in [7, 11) is 0. The van der Waals surface area contributed by atoms with E-state index in [4.69, 9.17) is 0 Å². The zero-order valence-corrected chi connectivity index (χ0v) is 6.40. The Morgan fingerprint density at radius 3 is 3.00 bits per heavy atom. The normalized spacial score (nSPS) is 10.2. The summed E-state index contributed by atoms with van der Waals surface area (Å²) in [5.41, 5.74) is 0.394. The zero-order valence-electron chi connectivity index (χ0n) is 6.40. The average Bonchev–Trinajstić information content (AvgIpc) is 2.52. The van der Waals surface area contributed by atoms with Gasteiger partial charge in [0.25, 0.3) is 5.69 Å². The van der Waals surface area contributed by atoms with Crippen LogP contribution in [0.4, 0.5) is 4.39 Å². The number of aromatic nitrogens is 3. The van der Waals surface area contributed by atoms with Crippen molar-refractivity contribution in [3.63, 3.8) is 0 Å². The van der Waals surface area contributed by atoms with Gasteiger partial charge in [-0.3, -0.25) is 0 Å². The van der Waals surface area contributed by atoms with Gasteiger partial charge in [0.15, 0.2) is 0 Å². The van der Waals surface area contributed by atoms with Crippen molar-refractivity contribution in [2.24, 2.45) is 0 Å². The molecule has 2 rings (SSSR count). The van der Waals surface area contributed by atoms with E-state index in [1.807, 2.05) is 0 Å². The molecule has 5 nitrogen and oxygen atoms in total. The third-order valence-corrected chi connectivity index (χ3v) is 1.46. The number of nitrogens with zero attached hydrogens (tertiary/aromatic N) is 2. The second-order valence-corrected chi connectivity index (χ2v) is 2.36. The van der Waals surface area contributed by atoms with Crippen molar-refractivity contribution >= 4 is 0 Å². The highest BCUT2D eigenvalue weighted by Crippen LogP contribution is 2.00. The van der Waals surface area contributed by atoms with E-state index in [2.05, 4.69) is 14.9 Å². The lowest BCUT2D eigenvalue weighted by atomic mass is 10.3. The van der Waals surface area contributed by atoms with Crippen LogP contribution in [0.1, 0.15) is 0 Å². The maximum atomic E-state index is 12.7. The minimum atomic E-state index is -0.690. The summed E-state index contributed by atoms with van der Waals surface area (Å²) >= 11 is 0. The molecule has 0 aliphatic heterocycles. The summed E-state index contributed by atoms with van der Waals surface area (Å²) in [5, 5.41) is 5.57. The summed E-state index contributed by atoms with van der Waals surface area (Å²) in [5.74, 6) is -1.10. The van der Waals surface area contributed by atoms with Crippen LogP contribution in [0.3, 0.4) is 0 Å². The Balaban J connectivity index is 2.52. The fraction of sp³-hybridized carbons (Fsp3) is 0. The first-order valence-electron chi connectivity index (χ1n) is 3.50. The van der Waals surface area contributed by atoms with Crippen molar-refractivity contribution in [3.8, 4) is 5.69 Å². The third-order valence-electron chi connectivity index (χ3n) is 1.46. The van der Waals surface area contributed by atoms with Crippen LogP contribution in [0.15, 0.2) is 33.6 Å². The van der Waals surface area contributed by atoms with Crippen LogP contribution in [0, 0.1) is 5.82 Å². The Morgan fingerprint density at radius 2 is 2.38 bits per heavy atom. The molecule has 0 unspecified atom stereocenters. The number of hydrogen-bond acceptors (Lipinski definition) is 3. The first-order valence-corrected chi connectivity index (χ1v) is 3.50. The summed E-state index contributed by atoms with van der Waals surface area (Å²) in [6.45, 7) is 0. The SMILES string of the molecule is O=c1[nH][n+](-c2cccc(F)c2)no1. The number of nitrogens with one attached hydrogen (secondary N) is 1. The summed E-state index contributed by atoms with van der Waals surface area (Å²) in [6.07, 6.45) is 0. The van der Waals surface area contributed by atoms with Gasteiger partial charge in [-0.1, -0.05) is 11.2 Å². The van der Waals surface area contributed by atoms with Gasteiger partial charge in [-0.05, 0) is 6.07 Å². The Kier molecular flexibility index (Phi) is 1.66. The molecule has 0 fully saturated rings. The van der Waals surface area contributed by atoms with E-state index in [9.17, 15) is 9.18 Å². The van der Waals surface area contributed by atoms with Crippen LogP contribution in [-0.2, 0) is 0 Å². The van der Waals surface area contributed by atoms with Crippen molar-refractivity contribution in [1.82, 2.24) is 10.4 Å². The fourth-order valence-corrected chi connectivity index (χ4v) is 0.925. The van der Waals surface area contributed by atoms with Gasteiger partial charge in [0.05, 0.1) is 10.9 Å². The monoisotopic (exact) mass is 182 g/mol. The van der Waals surface area contributed by atoms with Crippen molar-refractivity contribution in [2.45, 2.75) is 0 Å². The molecule has 1 aromatic carbocycles. The van der Waals surface area contributed by atoms with Crippen LogP contribution >= 0.6 is 0 Å². The third kappa shape index (κ3) is 1.46. The zero-order chi connectivity index (χ0) is 9.26. The van der Waals surface area contributed by atoms with Crippen LogP contribution in [-0.4, -0.2) is 10.4 Å². The number of halogens is 1. The highest BCUT2D eigenvalue weighted by Gasteiger charge is 2.12. The van der Waals surface area contributed by atoms with Gasteiger partial charge in [0.1, 0.15) is 5.82 Å². The first kappa shape index (κ1) is 7.66. The van der Waals surface area contributed by atoms with E-state index in [-0.39, 0.29) is 0 Å². The molecule has 0 saturated heterocycles. The molecule has 0 saturated carbocycles. The van der Waals surface area contributed by atoms with Crippen molar-refractivity contribution in [3.05, 3.63) is 40.6 Å². The predicted octanol–water partition coefficient (Wildman–Crippen LogP) is -0.221. The van der Waals surface area contributed by atoms with Crippen LogP contribution in [0.25, 0.3) is 5.69 Å². The van der Waals surface area contributed by atoms with Gasteiger partial charge in [0, 0.05) is 6.07 Å². The molecule has 2 aromatic rings. The number of H-pyrrole nitrogens is 1. The molecule has 66 valence electrons. The fourth-order valence-electron chi connectivity index (χ4n) is 0.925. The predicted molar refractivity (Wildman–Crippen MR) is 38.6 cm³/mol. The molecule has 1 N–H and O–H groups in total. The maximum absolute atomic E-state index is 12.7. The molecule has 0 aliphatic rings. The van der Waals surface area contributed by atoms with E-state index in [1.54, 1.807) is 6.07 Å².